The van der Waals surface area contributed by atoms with Crippen LogP contribution in [-0.2, 0) is 11.3 Å². The second kappa shape index (κ2) is 8.21. The second-order valence-corrected chi connectivity index (χ2v) is 7.92. The van der Waals surface area contributed by atoms with Crippen molar-refractivity contribution in [2.45, 2.75) is 49.8 Å². The molecule has 1 amide bonds. The molecule has 0 bridgehead atoms. The molecule has 27 heavy (non-hydrogen) atoms. The Labute approximate surface area is 163 Å². The summed E-state index contributed by atoms with van der Waals surface area (Å²) in [5.74, 6) is 2.14. The van der Waals surface area contributed by atoms with Gasteiger partial charge in [-0.15, -0.1) is 10.2 Å². The molecular weight excluding hydrogens is 362 g/mol. The van der Waals surface area contributed by atoms with Crippen LogP contribution in [0.1, 0.15) is 32.1 Å². The Morgan fingerprint density at radius 1 is 1.19 bits per heavy atom. The minimum atomic E-state index is 0.0919. The SMILES string of the molecule is COc1ccc(N2CCn3c(SCC(=O)NC4CCCCC4)nnc32)cc1. The van der Waals surface area contributed by atoms with Gasteiger partial charge in [-0.1, -0.05) is 31.0 Å². The zero-order valence-electron chi connectivity index (χ0n) is 15.6. The fourth-order valence-electron chi connectivity index (χ4n) is 3.74. The van der Waals surface area contributed by atoms with Crippen LogP contribution in [0.5, 0.6) is 5.75 Å². The fraction of sp³-hybridized carbons (Fsp3) is 0.526. The Kier molecular flexibility index (Phi) is 5.52. The van der Waals surface area contributed by atoms with Gasteiger partial charge < -0.3 is 15.0 Å². The average molecular weight is 388 g/mol. The molecule has 144 valence electrons. The van der Waals surface area contributed by atoms with Crippen molar-refractivity contribution in [1.29, 1.82) is 0 Å². The molecule has 0 saturated heterocycles. The lowest BCUT2D eigenvalue weighted by Crippen LogP contribution is -2.37. The monoisotopic (exact) mass is 387 g/mol. The molecule has 1 saturated carbocycles. The van der Waals surface area contributed by atoms with Crippen LogP contribution in [0.15, 0.2) is 29.4 Å². The van der Waals surface area contributed by atoms with Crippen LogP contribution in [0.2, 0.25) is 0 Å². The summed E-state index contributed by atoms with van der Waals surface area (Å²) in [6.07, 6.45) is 5.94. The normalized spacial score (nSPS) is 17.0. The molecule has 1 aromatic carbocycles. The summed E-state index contributed by atoms with van der Waals surface area (Å²) in [4.78, 5) is 14.4. The highest BCUT2D eigenvalue weighted by molar-refractivity contribution is 7.99. The van der Waals surface area contributed by atoms with Gasteiger partial charge in [0, 0.05) is 24.8 Å². The van der Waals surface area contributed by atoms with E-state index in [2.05, 4.69) is 25.0 Å². The van der Waals surface area contributed by atoms with E-state index in [1.807, 2.05) is 24.3 Å². The smallest absolute Gasteiger partial charge is 0.232 e. The number of anilines is 2. The van der Waals surface area contributed by atoms with Crippen LogP contribution in [0.4, 0.5) is 11.6 Å². The number of methoxy groups -OCH3 is 1. The lowest BCUT2D eigenvalue weighted by molar-refractivity contribution is -0.119. The highest BCUT2D eigenvalue weighted by Gasteiger charge is 2.26. The van der Waals surface area contributed by atoms with Gasteiger partial charge in [-0.2, -0.15) is 0 Å². The molecule has 0 unspecified atom stereocenters. The van der Waals surface area contributed by atoms with E-state index in [1.54, 1.807) is 7.11 Å². The van der Waals surface area contributed by atoms with Gasteiger partial charge in [0.1, 0.15) is 5.75 Å². The minimum Gasteiger partial charge on any atom is -0.497 e. The molecular formula is C19H25N5O2S. The van der Waals surface area contributed by atoms with Crippen LogP contribution >= 0.6 is 11.8 Å². The van der Waals surface area contributed by atoms with Crippen molar-refractivity contribution in [1.82, 2.24) is 20.1 Å². The molecule has 0 radical (unpaired) electrons. The lowest BCUT2D eigenvalue weighted by Gasteiger charge is -2.22. The van der Waals surface area contributed by atoms with Crippen LogP contribution < -0.4 is 15.0 Å². The van der Waals surface area contributed by atoms with Crippen molar-refractivity contribution in [3.05, 3.63) is 24.3 Å². The predicted octanol–water partition coefficient (Wildman–Crippen LogP) is 2.98. The topological polar surface area (TPSA) is 72.3 Å². The van der Waals surface area contributed by atoms with Crippen molar-refractivity contribution in [2.75, 3.05) is 24.3 Å². The summed E-state index contributed by atoms with van der Waals surface area (Å²) >= 11 is 1.46. The molecule has 1 fully saturated rings. The van der Waals surface area contributed by atoms with Gasteiger partial charge in [-0.3, -0.25) is 9.36 Å². The molecule has 1 aromatic heterocycles. The van der Waals surface area contributed by atoms with E-state index < -0.39 is 0 Å². The van der Waals surface area contributed by atoms with E-state index in [4.69, 9.17) is 4.74 Å². The number of fused-ring (bicyclic) bond motifs is 1. The largest absolute Gasteiger partial charge is 0.497 e. The number of amides is 1. The molecule has 4 rings (SSSR count). The number of nitrogens with zero attached hydrogens (tertiary/aromatic N) is 4. The molecule has 1 aliphatic carbocycles. The van der Waals surface area contributed by atoms with Crippen molar-refractivity contribution in [3.63, 3.8) is 0 Å². The first-order chi connectivity index (χ1) is 13.2. The predicted molar refractivity (Wildman–Crippen MR) is 106 cm³/mol. The van der Waals surface area contributed by atoms with E-state index in [-0.39, 0.29) is 5.91 Å². The number of carbonyl (C=O) groups is 1. The van der Waals surface area contributed by atoms with Gasteiger partial charge in [0.05, 0.1) is 12.9 Å². The van der Waals surface area contributed by atoms with Crippen LogP contribution in [0.25, 0.3) is 0 Å². The number of aromatic nitrogens is 3. The number of ether oxygens (including phenoxy) is 1. The third kappa shape index (κ3) is 4.05. The second-order valence-electron chi connectivity index (χ2n) is 6.97. The number of hydrogen-bond acceptors (Lipinski definition) is 6. The molecule has 0 atom stereocenters. The molecule has 8 heteroatoms. The highest BCUT2D eigenvalue weighted by atomic mass is 32.2. The maximum Gasteiger partial charge on any atom is 0.232 e. The Balaban J connectivity index is 1.36. The van der Waals surface area contributed by atoms with Gasteiger partial charge in [-0.05, 0) is 37.1 Å². The summed E-state index contributed by atoms with van der Waals surface area (Å²) in [6.45, 7) is 1.67. The Morgan fingerprint density at radius 3 is 2.70 bits per heavy atom. The summed E-state index contributed by atoms with van der Waals surface area (Å²) in [5.41, 5.74) is 1.06. The van der Waals surface area contributed by atoms with Gasteiger partial charge in [0.2, 0.25) is 11.9 Å². The molecule has 2 aliphatic rings. The van der Waals surface area contributed by atoms with Gasteiger partial charge in [0.15, 0.2) is 5.16 Å². The summed E-state index contributed by atoms with van der Waals surface area (Å²) in [7, 11) is 1.66. The summed E-state index contributed by atoms with van der Waals surface area (Å²) in [6, 6.07) is 8.28. The first kappa shape index (κ1) is 18.2. The van der Waals surface area contributed by atoms with Crippen LogP contribution in [0, 0.1) is 0 Å². The van der Waals surface area contributed by atoms with E-state index in [1.165, 1.54) is 31.0 Å². The number of hydrogen-bond donors (Lipinski definition) is 1. The third-order valence-electron chi connectivity index (χ3n) is 5.17. The average Bonchev–Trinajstić information content (AvgIpc) is 3.29. The Bertz CT molecular complexity index is 786. The van der Waals surface area contributed by atoms with Crippen molar-refractivity contribution < 1.29 is 9.53 Å². The highest BCUT2D eigenvalue weighted by Crippen LogP contribution is 2.32. The van der Waals surface area contributed by atoms with Gasteiger partial charge >= 0.3 is 0 Å². The quantitative estimate of drug-likeness (QED) is 0.769. The fourth-order valence-corrected chi connectivity index (χ4v) is 4.51. The zero-order chi connectivity index (χ0) is 18.6. The van der Waals surface area contributed by atoms with Crippen molar-refractivity contribution in [3.8, 4) is 5.75 Å². The minimum absolute atomic E-state index is 0.0919. The summed E-state index contributed by atoms with van der Waals surface area (Å²) < 4.78 is 7.31. The first-order valence-corrected chi connectivity index (χ1v) is 10.5. The maximum absolute atomic E-state index is 12.2. The molecule has 2 heterocycles. The molecule has 2 aromatic rings. The van der Waals surface area contributed by atoms with Crippen molar-refractivity contribution in [2.24, 2.45) is 0 Å². The first-order valence-electron chi connectivity index (χ1n) is 9.51. The van der Waals surface area contributed by atoms with E-state index in [0.29, 0.717) is 11.8 Å². The molecule has 1 aliphatic heterocycles. The van der Waals surface area contributed by atoms with E-state index in [0.717, 1.165) is 48.5 Å². The number of carbonyl (C=O) groups excluding carboxylic acids is 1. The zero-order valence-corrected chi connectivity index (χ0v) is 16.4. The standard InChI is InChI=1S/C19H25N5O2S/c1-26-16-9-7-15(8-10-16)23-11-12-24-18(23)21-22-19(24)27-13-17(25)20-14-5-3-2-4-6-14/h7-10,14H,2-6,11-13H2,1H3,(H,20,25). The molecule has 0 spiro atoms. The van der Waals surface area contributed by atoms with Crippen LogP contribution in [-0.4, -0.2) is 46.1 Å². The van der Waals surface area contributed by atoms with E-state index in [9.17, 15) is 4.79 Å². The van der Waals surface area contributed by atoms with Gasteiger partial charge in [-0.25, -0.2) is 0 Å². The lowest BCUT2D eigenvalue weighted by atomic mass is 9.95. The number of nitrogens with one attached hydrogen (secondary N) is 1. The number of thioether (sulfide) groups is 1. The number of rotatable bonds is 6. The molecule has 1 N–H and O–H groups in total. The summed E-state index contributed by atoms with van der Waals surface area (Å²) in [5, 5.41) is 12.6. The Morgan fingerprint density at radius 2 is 1.96 bits per heavy atom. The van der Waals surface area contributed by atoms with E-state index >= 15 is 0 Å². The number of benzene rings is 1. The maximum atomic E-state index is 12.2. The van der Waals surface area contributed by atoms with Crippen molar-refractivity contribution >= 4 is 29.3 Å². The molecule has 7 nitrogen and oxygen atoms in total. The van der Waals surface area contributed by atoms with Crippen LogP contribution in [0.3, 0.4) is 0 Å². The Hall–Kier alpha value is -2.22. The van der Waals surface area contributed by atoms with Gasteiger partial charge in [0.25, 0.3) is 0 Å². The third-order valence-corrected chi connectivity index (χ3v) is 6.14.